The Morgan fingerprint density at radius 3 is 2.60 bits per heavy atom. The fraction of sp³-hybridized carbons (Fsp3) is 0.133. The molecule has 0 amide bonds. The van der Waals surface area contributed by atoms with Crippen LogP contribution in [0.15, 0.2) is 42.5 Å². The summed E-state index contributed by atoms with van der Waals surface area (Å²) in [5, 5.41) is 0. The van der Waals surface area contributed by atoms with Crippen molar-refractivity contribution in [3.63, 3.8) is 0 Å². The fourth-order valence-corrected chi connectivity index (χ4v) is 2.05. The van der Waals surface area contributed by atoms with Crippen LogP contribution in [0.3, 0.4) is 0 Å². The van der Waals surface area contributed by atoms with Gasteiger partial charge in [-0.25, -0.2) is 9.37 Å². The smallest absolute Gasteiger partial charge is 0.123 e. The summed E-state index contributed by atoms with van der Waals surface area (Å²) in [6, 6.07) is 12.2. The summed E-state index contributed by atoms with van der Waals surface area (Å²) < 4.78 is 18.0. The van der Waals surface area contributed by atoms with Gasteiger partial charge in [-0.2, -0.15) is 0 Å². The second-order valence-corrected chi connectivity index (χ2v) is 4.37. The van der Waals surface area contributed by atoms with E-state index in [1.54, 1.807) is 19.2 Å². The van der Waals surface area contributed by atoms with E-state index in [9.17, 15) is 4.39 Å². The number of methoxy groups -OCH3 is 1. The molecule has 1 aromatic heterocycles. The maximum atomic E-state index is 12.8. The van der Waals surface area contributed by atoms with E-state index in [0.29, 0.717) is 6.42 Å². The lowest BCUT2D eigenvalue weighted by atomic mass is 10.1. The first-order chi connectivity index (χ1) is 9.24. The Balaban J connectivity index is 0.00000147. The van der Waals surface area contributed by atoms with E-state index in [1.807, 2.05) is 18.2 Å². The first-order valence-corrected chi connectivity index (χ1v) is 6.02. The summed E-state index contributed by atoms with van der Waals surface area (Å²) in [6.07, 6.45) is 0.650. The molecule has 0 unspecified atom stereocenters. The molecule has 3 aromatic rings. The molecule has 0 bridgehead atoms. The highest BCUT2D eigenvalue weighted by Gasteiger charge is 2.05. The minimum absolute atomic E-state index is 0. The van der Waals surface area contributed by atoms with Crippen LogP contribution >= 0.6 is 12.4 Å². The van der Waals surface area contributed by atoms with E-state index in [0.717, 1.165) is 28.2 Å². The monoisotopic (exact) mass is 292 g/mol. The molecule has 0 spiro atoms. The summed E-state index contributed by atoms with van der Waals surface area (Å²) in [5.41, 5.74) is 2.86. The highest BCUT2D eigenvalue weighted by atomic mass is 35.5. The number of nitrogens with zero attached hydrogens (tertiary/aromatic N) is 1. The van der Waals surface area contributed by atoms with Crippen LogP contribution in [-0.4, -0.2) is 17.1 Å². The molecule has 3 nitrogen and oxygen atoms in total. The molecule has 2 aromatic carbocycles. The van der Waals surface area contributed by atoms with Crippen molar-refractivity contribution in [1.29, 1.82) is 0 Å². The normalized spacial score (nSPS) is 10.3. The summed E-state index contributed by atoms with van der Waals surface area (Å²) in [5.74, 6) is 1.43. The minimum atomic E-state index is -0.224. The molecule has 0 aliphatic carbocycles. The second-order valence-electron chi connectivity index (χ2n) is 4.37. The number of fused-ring (bicyclic) bond motifs is 1. The Hall–Kier alpha value is -2.07. The van der Waals surface area contributed by atoms with Crippen molar-refractivity contribution >= 4 is 23.4 Å². The van der Waals surface area contributed by atoms with E-state index in [4.69, 9.17) is 4.74 Å². The topological polar surface area (TPSA) is 37.9 Å². The zero-order chi connectivity index (χ0) is 13.2. The second kappa shape index (κ2) is 5.92. The van der Waals surface area contributed by atoms with Crippen LogP contribution < -0.4 is 4.74 Å². The van der Waals surface area contributed by atoms with Crippen LogP contribution in [-0.2, 0) is 6.42 Å². The van der Waals surface area contributed by atoms with E-state index in [-0.39, 0.29) is 18.2 Å². The van der Waals surface area contributed by atoms with Crippen LogP contribution in [0.1, 0.15) is 11.4 Å². The van der Waals surface area contributed by atoms with Crippen LogP contribution in [0.2, 0.25) is 0 Å². The van der Waals surface area contributed by atoms with E-state index in [2.05, 4.69) is 9.97 Å². The van der Waals surface area contributed by atoms with Gasteiger partial charge in [-0.05, 0) is 29.8 Å². The Labute approximate surface area is 122 Å². The van der Waals surface area contributed by atoms with Crippen molar-refractivity contribution in [2.24, 2.45) is 0 Å². The molecule has 3 rings (SSSR count). The fourth-order valence-electron chi connectivity index (χ4n) is 2.05. The molecule has 0 atom stereocenters. The number of aromatic amines is 1. The van der Waals surface area contributed by atoms with Gasteiger partial charge in [-0.15, -0.1) is 12.4 Å². The molecular weight excluding hydrogens is 279 g/mol. The van der Waals surface area contributed by atoms with E-state index >= 15 is 0 Å². The first kappa shape index (κ1) is 14.3. The third-order valence-electron chi connectivity index (χ3n) is 3.02. The predicted octanol–water partition coefficient (Wildman–Crippen LogP) is 3.72. The van der Waals surface area contributed by atoms with Gasteiger partial charge in [0, 0.05) is 12.5 Å². The van der Waals surface area contributed by atoms with Gasteiger partial charge in [0.25, 0.3) is 0 Å². The molecular formula is C15H14ClFN2O. The molecule has 104 valence electrons. The average molecular weight is 293 g/mol. The van der Waals surface area contributed by atoms with Crippen molar-refractivity contribution in [1.82, 2.24) is 9.97 Å². The van der Waals surface area contributed by atoms with E-state index < -0.39 is 0 Å². The van der Waals surface area contributed by atoms with Gasteiger partial charge in [0.2, 0.25) is 0 Å². The number of hydrogen-bond donors (Lipinski definition) is 1. The average Bonchev–Trinajstić information content (AvgIpc) is 2.82. The number of halogens is 2. The predicted molar refractivity (Wildman–Crippen MR) is 79.1 cm³/mol. The zero-order valence-corrected chi connectivity index (χ0v) is 11.7. The molecule has 1 N–H and O–H groups in total. The van der Waals surface area contributed by atoms with Gasteiger partial charge >= 0.3 is 0 Å². The Morgan fingerprint density at radius 1 is 1.15 bits per heavy atom. The number of rotatable bonds is 3. The Morgan fingerprint density at radius 2 is 1.90 bits per heavy atom. The maximum absolute atomic E-state index is 12.8. The molecule has 0 radical (unpaired) electrons. The van der Waals surface area contributed by atoms with E-state index in [1.165, 1.54) is 12.1 Å². The van der Waals surface area contributed by atoms with Crippen LogP contribution in [0.25, 0.3) is 11.0 Å². The molecule has 0 saturated carbocycles. The van der Waals surface area contributed by atoms with Gasteiger partial charge in [0.1, 0.15) is 17.4 Å². The van der Waals surface area contributed by atoms with Gasteiger partial charge in [-0.3, -0.25) is 0 Å². The summed E-state index contributed by atoms with van der Waals surface area (Å²) >= 11 is 0. The lowest BCUT2D eigenvalue weighted by Gasteiger charge is -1.97. The molecule has 20 heavy (non-hydrogen) atoms. The first-order valence-electron chi connectivity index (χ1n) is 6.02. The quantitative estimate of drug-likeness (QED) is 0.799. The molecule has 1 heterocycles. The molecule has 0 fully saturated rings. The van der Waals surface area contributed by atoms with Crippen molar-refractivity contribution in [3.8, 4) is 5.75 Å². The number of H-pyrrole nitrogens is 1. The highest BCUT2D eigenvalue weighted by molar-refractivity contribution is 5.85. The third kappa shape index (κ3) is 2.91. The van der Waals surface area contributed by atoms with Crippen molar-refractivity contribution in [2.75, 3.05) is 7.11 Å². The number of nitrogens with one attached hydrogen (secondary N) is 1. The largest absolute Gasteiger partial charge is 0.497 e. The molecule has 0 aliphatic rings. The van der Waals surface area contributed by atoms with Crippen LogP contribution in [0, 0.1) is 5.82 Å². The van der Waals surface area contributed by atoms with Gasteiger partial charge < -0.3 is 9.72 Å². The van der Waals surface area contributed by atoms with Gasteiger partial charge in [0.05, 0.1) is 18.1 Å². The summed E-state index contributed by atoms with van der Waals surface area (Å²) in [4.78, 5) is 7.75. The van der Waals surface area contributed by atoms with Crippen molar-refractivity contribution < 1.29 is 9.13 Å². The lowest BCUT2D eigenvalue weighted by molar-refractivity contribution is 0.415. The van der Waals surface area contributed by atoms with Gasteiger partial charge in [-0.1, -0.05) is 12.1 Å². The van der Waals surface area contributed by atoms with Crippen LogP contribution in [0.5, 0.6) is 5.75 Å². The zero-order valence-electron chi connectivity index (χ0n) is 10.9. The Bertz CT molecular complexity index is 709. The number of hydrogen-bond acceptors (Lipinski definition) is 2. The third-order valence-corrected chi connectivity index (χ3v) is 3.02. The van der Waals surface area contributed by atoms with Crippen LogP contribution in [0.4, 0.5) is 4.39 Å². The van der Waals surface area contributed by atoms with Crippen molar-refractivity contribution in [2.45, 2.75) is 6.42 Å². The Kier molecular flexibility index (Phi) is 4.25. The number of aromatic nitrogens is 2. The van der Waals surface area contributed by atoms with Crippen molar-refractivity contribution in [3.05, 3.63) is 59.7 Å². The SMILES string of the molecule is COc1ccc2nc(Cc3ccc(F)cc3)[nH]c2c1.Cl. The molecule has 5 heteroatoms. The molecule has 0 aliphatic heterocycles. The highest BCUT2D eigenvalue weighted by Crippen LogP contribution is 2.19. The number of benzene rings is 2. The number of imidazole rings is 1. The maximum Gasteiger partial charge on any atom is 0.123 e. The molecule has 0 saturated heterocycles. The summed E-state index contributed by atoms with van der Waals surface area (Å²) in [7, 11) is 1.64. The van der Waals surface area contributed by atoms with Gasteiger partial charge in [0.15, 0.2) is 0 Å². The lowest BCUT2D eigenvalue weighted by Crippen LogP contribution is -1.90. The minimum Gasteiger partial charge on any atom is -0.497 e. The summed E-state index contributed by atoms with van der Waals surface area (Å²) in [6.45, 7) is 0. The number of ether oxygens (including phenoxy) is 1. The standard InChI is InChI=1S/C15H13FN2O.ClH/c1-19-12-6-7-13-14(9-12)18-15(17-13)8-10-2-4-11(16)5-3-10;/h2-7,9H,8H2,1H3,(H,17,18);1H.